The van der Waals surface area contributed by atoms with Crippen molar-refractivity contribution in [2.45, 2.75) is 27.2 Å². The zero-order chi connectivity index (χ0) is 11.5. The summed E-state index contributed by atoms with van der Waals surface area (Å²) in [5, 5.41) is 26.8. The Morgan fingerprint density at radius 3 is 1.00 bits per heavy atom. The van der Waals surface area contributed by atoms with E-state index in [1.165, 1.54) is 0 Å². The second-order valence-electron chi connectivity index (χ2n) is 1.51. The van der Waals surface area contributed by atoms with Crippen LogP contribution in [0, 0.1) is 6.92 Å². The van der Waals surface area contributed by atoms with Crippen LogP contribution in [0.3, 0.4) is 0 Å². The van der Waals surface area contributed by atoms with Gasteiger partial charge in [0.15, 0.2) is 0 Å². The van der Waals surface area contributed by atoms with E-state index in [0.29, 0.717) is 6.54 Å². The summed E-state index contributed by atoms with van der Waals surface area (Å²) in [5.74, 6) is 0. The summed E-state index contributed by atoms with van der Waals surface area (Å²) in [6, 6.07) is 0. The van der Waals surface area contributed by atoms with Crippen LogP contribution in [0.4, 0.5) is 0 Å². The molecule has 0 rings (SSSR count). The standard InChI is InChI=1S/C3H8N.3C2H5O.Ti/c1-2-3-4;3*1-2-3;/h1-4H2;3*2H2,1H3;/q4*-1;+4. The second-order valence-corrected chi connectivity index (χ2v) is 1.51. The first-order valence-electron chi connectivity index (χ1n) is 4.40. The smallest absolute Gasteiger partial charge is 0.855 e. The summed E-state index contributed by atoms with van der Waals surface area (Å²) in [6.07, 6.45) is 0.847. The fourth-order valence-corrected chi connectivity index (χ4v) is 0. The van der Waals surface area contributed by atoms with Crippen LogP contribution in [0.2, 0.25) is 0 Å². The third kappa shape index (κ3) is 694. The predicted molar refractivity (Wildman–Crippen MR) is 50.7 cm³/mol. The fraction of sp³-hybridized carbons (Fsp3) is 0.889. The molecule has 0 unspecified atom stereocenters. The Morgan fingerprint density at radius 2 is 1.00 bits per heavy atom. The van der Waals surface area contributed by atoms with E-state index in [9.17, 15) is 0 Å². The largest absolute Gasteiger partial charge is 4.00 e. The second kappa shape index (κ2) is 69.2. The van der Waals surface area contributed by atoms with Gasteiger partial charge in [-0.25, -0.2) is 0 Å². The monoisotopic (exact) mass is 241 g/mol. The first kappa shape index (κ1) is 29.3. The first-order valence-corrected chi connectivity index (χ1v) is 4.40. The van der Waals surface area contributed by atoms with Crippen LogP contribution in [0.1, 0.15) is 27.2 Å². The molecule has 0 spiro atoms. The van der Waals surface area contributed by atoms with Gasteiger partial charge in [-0.3, -0.25) is 0 Å². The van der Waals surface area contributed by atoms with E-state index < -0.39 is 0 Å². The fourth-order valence-electron chi connectivity index (χ4n) is 0. The molecule has 0 aliphatic heterocycles. The van der Waals surface area contributed by atoms with E-state index in [1.807, 2.05) is 0 Å². The van der Waals surface area contributed by atoms with Gasteiger partial charge in [-0.15, -0.1) is 19.8 Å². The van der Waals surface area contributed by atoms with Crippen molar-refractivity contribution in [1.82, 2.24) is 0 Å². The van der Waals surface area contributed by atoms with E-state index in [4.69, 9.17) is 21.1 Å². The maximum absolute atomic E-state index is 8.93. The number of rotatable bonds is 1. The molecule has 2 N–H and O–H groups in total. The van der Waals surface area contributed by atoms with Gasteiger partial charge in [0.1, 0.15) is 0 Å². The van der Waals surface area contributed by atoms with E-state index in [-0.39, 0.29) is 41.5 Å². The molecular formula is C9H23NO3Ti. The molecule has 86 valence electrons. The minimum atomic E-state index is 0. The minimum absolute atomic E-state index is 0. The normalized spacial score (nSPS) is 6.00. The summed E-state index contributed by atoms with van der Waals surface area (Å²) >= 11 is 0. The molecule has 0 heterocycles. The van der Waals surface area contributed by atoms with Crippen LogP contribution >= 0.6 is 0 Å². The number of hydrogen-bond acceptors (Lipinski definition) is 4. The summed E-state index contributed by atoms with van der Waals surface area (Å²) in [7, 11) is 0. The molecule has 5 heteroatoms. The summed E-state index contributed by atoms with van der Waals surface area (Å²) in [5.41, 5.74) is 4.97. The van der Waals surface area contributed by atoms with Crippen molar-refractivity contribution < 1.29 is 37.0 Å². The van der Waals surface area contributed by atoms with Gasteiger partial charge in [-0.2, -0.15) is 6.42 Å². The Morgan fingerprint density at radius 1 is 0.929 bits per heavy atom. The minimum Gasteiger partial charge on any atom is -0.855 e. The van der Waals surface area contributed by atoms with Gasteiger partial charge < -0.3 is 28.0 Å². The quantitative estimate of drug-likeness (QED) is 0.435. The van der Waals surface area contributed by atoms with Crippen molar-refractivity contribution >= 4 is 0 Å². The van der Waals surface area contributed by atoms with E-state index >= 15 is 0 Å². The molecular weight excluding hydrogens is 218 g/mol. The van der Waals surface area contributed by atoms with E-state index in [1.54, 1.807) is 20.8 Å². The van der Waals surface area contributed by atoms with Gasteiger partial charge >= 0.3 is 21.7 Å². The molecule has 0 saturated carbocycles. The molecule has 14 heavy (non-hydrogen) atoms. The van der Waals surface area contributed by atoms with E-state index in [0.717, 1.165) is 6.42 Å². The van der Waals surface area contributed by atoms with Gasteiger partial charge in [0.2, 0.25) is 0 Å². The molecule has 0 aliphatic carbocycles. The van der Waals surface area contributed by atoms with Gasteiger partial charge in [-0.1, -0.05) is 20.8 Å². The third-order valence-electron chi connectivity index (χ3n) is 0.204. The average molecular weight is 241 g/mol. The SMILES string of the molecule is CC[O-].CC[O-].CC[O-].[CH2-]CCN.[Ti+4]. The molecule has 0 atom stereocenters. The Labute approximate surface area is 103 Å². The van der Waals surface area contributed by atoms with Gasteiger partial charge in [0.25, 0.3) is 0 Å². The molecule has 0 aromatic carbocycles. The zero-order valence-electron chi connectivity index (χ0n) is 9.54. The van der Waals surface area contributed by atoms with E-state index in [2.05, 4.69) is 6.92 Å². The van der Waals surface area contributed by atoms with Crippen molar-refractivity contribution in [2.75, 3.05) is 26.4 Å². The Hall–Kier alpha value is 0.554. The van der Waals surface area contributed by atoms with Crippen molar-refractivity contribution in [3.8, 4) is 0 Å². The van der Waals surface area contributed by atoms with Crippen LogP contribution in [0.25, 0.3) is 0 Å². The zero-order valence-corrected chi connectivity index (χ0v) is 11.1. The van der Waals surface area contributed by atoms with Crippen molar-refractivity contribution in [2.24, 2.45) is 5.73 Å². The summed E-state index contributed by atoms with van der Waals surface area (Å²) in [6.45, 7) is 8.90. The van der Waals surface area contributed by atoms with Crippen LogP contribution < -0.4 is 21.1 Å². The first-order chi connectivity index (χ1) is 6.16. The maximum Gasteiger partial charge on any atom is 4.00 e. The molecule has 0 saturated heterocycles. The predicted octanol–water partition coefficient (Wildman–Crippen LogP) is -1.73. The Kier molecular flexibility index (Phi) is 145. The number of hydrogen-bond donors (Lipinski definition) is 1. The molecule has 0 radical (unpaired) electrons. The third-order valence-corrected chi connectivity index (χ3v) is 0.204. The van der Waals surface area contributed by atoms with Gasteiger partial charge in [0, 0.05) is 0 Å². The van der Waals surface area contributed by atoms with Crippen molar-refractivity contribution in [3.05, 3.63) is 6.92 Å². The maximum atomic E-state index is 8.93. The number of nitrogens with two attached hydrogens (primary N) is 1. The van der Waals surface area contributed by atoms with Crippen LogP contribution in [0.5, 0.6) is 0 Å². The molecule has 0 fully saturated rings. The summed E-state index contributed by atoms with van der Waals surface area (Å²) < 4.78 is 0. The van der Waals surface area contributed by atoms with Gasteiger partial charge in [-0.05, 0) is 6.54 Å². The summed E-state index contributed by atoms with van der Waals surface area (Å²) in [4.78, 5) is 0. The molecule has 0 aromatic heterocycles. The van der Waals surface area contributed by atoms with Crippen molar-refractivity contribution in [1.29, 1.82) is 0 Å². The van der Waals surface area contributed by atoms with Crippen LogP contribution in [0.15, 0.2) is 0 Å². The van der Waals surface area contributed by atoms with Gasteiger partial charge in [0.05, 0.1) is 0 Å². The molecule has 4 nitrogen and oxygen atoms in total. The topological polar surface area (TPSA) is 95.2 Å². The molecule has 0 aliphatic rings. The van der Waals surface area contributed by atoms with Crippen LogP contribution in [-0.2, 0) is 21.7 Å². The molecule has 0 amide bonds. The van der Waals surface area contributed by atoms with Crippen LogP contribution in [-0.4, -0.2) is 26.4 Å². The molecule has 0 bridgehead atoms. The Balaban J connectivity index is -0.0000000254. The van der Waals surface area contributed by atoms with Crippen molar-refractivity contribution in [3.63, 3.8) is 0 Å². The average Bonchev–Trinajstić information content (AvgIpc) is 2.08. The molecule has 0 aromatic rings. The Bertz CT molecular complexity index is 36.5.